The first-order valence-electron chi connectivity index (χ1n) is 7.01. The second kappa shape index (κ2) is 7.35. The van der Waals surface area contributed by atoms with Crippen LogP contribution in [0.4, 0.5) is 22.4 Å². The highest BCUT2D eigenvalue weighted by molar-refractivity contribution is 5.67. The number of nitrogens with one attached hydrogen (secondary N) is 1. The Balaban J connectivity index is 2.83. The lowest BCUT2D eigenvalue weighted by Gasteiger charge is -2.23. The Morgan fingerprint density at radius 2 is 1.83 bits per heavy atom. The molecule has 1 aromatic carbocycles. The van der Waals surface area contributed by atoms with Gasteiger partial charge in [0.25, 0.3) is 0 Å². The normalized spacial score (nSPS) is 14.9. The first kappa shape index (κ1) is 20.2. The quantitative estimate of drug-likeness (QED) is 0.728. The predicted molar refractivity (Wildman–Crippen MR) is 76.6 cm³/mol. The van der Waals surface area contributed by atoms with E-state index in [-0.39, 0.29) is 6.07 Å². The molecule has 0 bridgehead atoms. The number of ether oxygens (including phenoxy) is 1. The van der Waals surface area contributed by atoms with Gasteiger partial charge in [-0.1, -0.05) is 6.07 Å². The number of hydrogen-bond acceptors (Lipinski definition) is 4. The van der Waals surface area contributed by atoms with E-state index < -0.39 is 53.6 Å². The van der Waals surface area contributed by atoms with E-state index in [1.54, 1.807) is 20.8 Å². The van der Waals surface area contributed by atoms with Crippen LogP contribution in [0, 0.1) is 5.82 Å². The number of benzene rings is 1. The molecule has 24 heavy (non-hydrogen) atoms. The summed E-state index contributed by atoms with van der Waals surface area (Å²) < 4.78 is 56.6. The fourth-order valence-corrected chi connectivity index (χ4v) is 1.85. The molecule has 0 saturated carbocycles. The number of alkyl carbamates (subject to hydrolysis) is 1. The van der Waals surface area contributed by atoms with Gasteiger partial charge in [-0.2, -0.15) is 13.2 Å². The van der Waals surface area contributed by atoms with E-state index in [4.69, 9.17) is 4.74 Å². The third kappa shape index (κ3) is 5.97. The summed E-state index contributed by atoms with van der Waals surface area (Å²) in [6, 6.07) is 1.70. The molecule has 1 amide bonds. The van der Waals surface area contributed by atoms with Crippen LogP contribution in [0.3, 0.4) is 0 Å². The molecule has 0 aliphatic carbocycles. The average Bonchev–Trinajstić information content (AvgIpc) is 2.41. The third-order valence-electron chi connectivity index (χ3n) is 2.86. The van der Waals surface area contributed by atoms with E-state index in [0.29, 0.717) is 0 Å². The van der Waals surface area contributed by atoms with E-state index in [0.717, 1.165) is 12.1 Å². The van der Waals surface area contributed by atoms with E-state index in [1.807, 2.05) is 0 Å². The second-order valence-corrected chi connectivity index (χ2v) is 6.12. The molecule has 0 spiro atoms. The fraction of sp³-hybridized carbons (Fsp3) is 0.533. The van der Waals surface area contributed by atoms with Crippen LogP contribution in [0.25, 0.3) is 0 Å². The summed E-state index contributed by atoms with van der Waals surface area (Å²) in [6.07, 6.45) is -9.53. The topological polar surface area (TPSA) is 78.8 Å². The first-order chi connectivity index (χ1) is 10.8. The Labute approximate surface area is 136 Å². The summed E-state index contributed by atoms with van der Waals surface area (Å²) in [5.41, 5.74) is -2.89. The molecule has 0 aliphatic rings. The van der Waals surface area contributed by atoms with Crippen molar-refractivity contribution in [1.82, 2.24) is 5.32 Å². The monoisotopic (exact) mass is 353 g/mol. The fourth-order valence-electron chi connectivity index (χ4n) is 1.85. The SMILES string of the molecule is CC(C)(C)OC(=O)NCC(O)C(O)c1ccc(F)cc1C(F)(F)F. The maximum Gasteiger partial charge on any atom is 0.416 e. The minimum atomic E-state index is -4.91. The lowest BCUT2D eigenvalue weighted by molar-refractivity contribution is -0.140. The Morgan fingerprint density at radius 3 is 2.33 bits per heavy atom. The highest BCUT2D eigenvalue weighted by Crippen LogP contribution is 2.35. The molecule has 5 nitrogen and oxygen atoms in total. The van der Waals surface area contributed by atoms with Gasteiger partial charge < -0.3 is 20.3 Å². The van der Waals surface area contributed by atoms with E-state index in [9.17, 15) is 32.6 Å². The number of alkyl halides is 3. The highest BCUT2D eigenvalue weighted by Gasteiger charge is 2.37. The number of aliphatic hydroxyl groups is 2. The number of carbonyl (C=O) groups is 1. The molecule has 0 aromatic heterocycles. The van der Waals surface area contributed by atoms with Crippen molar-refractivity contribution in [2.24, 2.45) is 0 Å². The van der Waals surface area contributed by atoms with Gasteiger partial charge in [0.15, 0.2) is 0 Å². The van der Waals surface area contributed by atoms with Crippen LogP contribution in [0.2, 0.25) is 0 Å². The molecule has 9 heteroatoms. The average molecular weight is 353 g/mol. The summed E-state index contributed by atoms with van der Waals surface area (Å²) in [6.45, 7) is 4.26. The number of halogens is 4. The lowest BCUT2D eigenvalue weighted by atomic mass is 9.98. The van der Waals surface area contributed by atoms with Crippen molar-refractivity contribution in [3.63, 3.8) is 0 Å². The molecule has 1 aromatic rings. The maximum atomic E-state index is 13.0. The van der Waals surface area contributed by atoms with E-state index in [2.05, 4.69) is 5.32 Å². The van der Waals surface area contributed by atoms with Gasteiger partial charge in [-0.3, -0.25) is 0 Å². The molecule has 0 heterocycles. The van der Waals surface area contributed by atoms with E-state index in [1.165, 1.54) is 0 Å². The van der Waals surface area contributed by atoms with Gasteiger partial charge in [0.05, 0.1) is 5.56 Å². The molecule has 3 N–H and O–H groups in total. The summed E-state index contributed by atoms with van der Waals surface area (Å²) >= 11 is 0. The standard InChI is InChI=1S/C15H19F4NO4/c1-14(2,3)24-13(23)20-7-11(21)12(22)9-5-4-8(16)6-10(9)15(17,18)19/h4-6,11-12,21-22H,7H2,1-3H3,(H,20,23). The predicted octanol–water partition coefficient (Wildman–Crippen LogP) is 2.76. The molecule has 136 valence electrons. The Bertz CT molecular complexity index is 584. The van der Waals surface area contributed by atoms with Crippen LogP contribution in [-0.2, 0) is 10.9 Å². The molecular weight excluding hydrogens is 334 g/mol. The summed E-state index contributed by atoms with van der Waals surface area (Å²) in [5, 5.41) is 21.8. The minimum absolute atomic E-state index is 0.229. The molecule has 0 radical (unpaired) electrons. The van der Waals surface area contributed by atoms with Crippen molar-refractivity contribution < 1.29 is 37.3 Å². The molecular formula is C15H19F4NO4. The maximum absolute atomic E-state index is 13.0. The van der Waals surface area contributed by atoms with Gasteiger partial charge >= 0.3 is 12.3 Å². The van der Waals surface area contributed by atoms with Crippen LogP contribution in [0.1, 0.15) is 38.0 Å². The molecule has 2 unspecified atom stereocenters. The molecule has 2 atom stereocenters. The number of aliphatic hydroxyl groups excluding tert-OH is 2. The lowest BCUT2D eigenvalue weighted by Crippen LogP contribution is -2.39. The van der Waals surface area contributed by atoms with Crippen molar-refractivity contribution in [3.8, 4) is 0 Å². The zero-order chi connectivity index (χ0) is 18.7. The van der Waals surface area contributed by atoms with E-state index >= 15 is 0 Å². The van der Waals surface area contributed by atoms with Gasteiger partial charge in [-0.25, -0.2) is 9.18 Å². The van der Waals surface area contributed by atoms with Crippen LogP contribution in [-0.4, -0.2) is 34.6 Å². The smallest absolute Gasteiger partial charge is 0.416 e. The third-order valence-corrected chi connectivity index (χ3v) is 2.86. The highest BCUT2D eigenvalue weighted by atomic mass is 19.4. The minimum Gasteiger partial charge on any atom is -0.444 e. The van der Waals surface area contributed by atoms with Gasteiger partial charge in [0.2, 0.25) is 0 Å². The van der Waals surface area contributed by atoms with Crippen molar-refractivity contribution >= 4 is 6.09 Å². The number of carbonyl (C=O) groups excluding carboxylic acids is 1. The van der Waals surface area contributed by atoms with Gasteiger partial charge in [-0.15, -0.1) is 0 Å². The van der Waals surface area contributed by atoms with Crippen molar-refractivity contribution in [2.75, 3.05) is 6.54 Å². The molecule has 0 aliphatic heterocycles. The van der Waals surface area contributed by atoms with Crippen LogP contribution in [0.5, 0.6) is 0 Å². The molecule has 0 fully saturated rings. The zero-order valence-corrected chi connectivity index (χ0v) is 13.3. The number of hydrogen-bond donors (Lipinski definition) is 3. The van der Waals surface area contributed by atoms with Gasteiger partial charge in [0, 0.05) is 6.54 Å². The summed E-state index contributed by atoms with van der Waals surface area (Å²) in [5.74, 6) is -1.13. The second-order valence-electron chi connectivity index (χ2n) is 6.12. The first-order valence-corrected chi connectivity index (χ1v) is 7.01. The summed E-state index contributed by atoms with van der Waals surface area (Å²) in [7, 11) is 0. The Hall–Kier alpha value is -1.87. The molecule has 1 rings (SSSR count). The number of rotatable bonds is 4. The van der Waals surface area contributed by atoms with Crippen molar-refractivity contribution in [3.05, 3.63) is 35.1 Å². The van der Waals surface area contributed by atoms with Crippen LogP contribution in [0.15, 0.2) is 18.2 Å². The summed E-state index contributed by atoms with van der Waals surface area (Å²) in [4.78, 5) is 11.4. The molecule has 0 saturated heterocycles. The number of amides is 1. The Kier molecular flexibility index (Phi) is 6.18. The van der Waals surface area contributed by atoms with Crippen LogP contribution >= 0.6 is 0 Å². The van der Waals surface area contributed by atoms with Crippen molar-refractivity contribution in [1.29, 1.82) is 0 Å². The van der Waals surface area contributed by atoms with Gasteiger partial charge in [0.1, 0.15) is 23.6 Å². The van der Waals surface area contributed by atoms with Gasteiger partial charge in [-0.05, 0) is 38.5 Å². The Morgan fingerprint density at radius 1 is 1.25 bits per heavy atom. The zero-order valence-electron chi connectivity index (χ0n) is 13.3. The van der Waals surface area contributed by atoms with Crippen molar-refractivity contribution in [2.45, 2.75) is 44.8 Å². The van der Waals surface area contributed by atoms with Crippen LogP contribution < -0.4 is 5.32 Å². The largest absolute Gasteiger partial charge is 0.444 e.